The molecule has 0 atom stereocenters. The van der Waals surface area contributed by atoms with Gasteiger partial charge in [-0.1, -0.05) is 48.7 Å². The van der Waals surface area contributed by atoms with Crippen LogP contribution in [-0.2, 0) is 6.42 Å². The van der Waals surface area contributed by atoms with Crippen LogP contribution in [0.15, 0.2) is 36.4 Å². The third-order valence-corrected chi connectivity index (χ3v) is 3.33. The summed E-state index contributed by atoms with van der Waals surface area (Å²) in [6.07, 6.45) is 1.96. The van der Waals surface area contributed by atoms with E-state index < -0.39 is 0 Å². The van der Waals surface area contributed by atoms with E-state index in [0.717, 1.165) is 29.5 Å². The van der Waals surface area contributed by atoms with Crippen LogP contribution in [0.5, 0.6) is 5.75 Å². The van der Waals surface area contributed by atoms with Gasteiger partial charge in [-0.2, -0.15) is 0 Å². The summed E-state index contributed by atoms with van der Waals surface area (Å²) in [6.45, 7) is 2.12. The molecule has 0 radical (unpaired) electrons. The van der Waals surface area contributed by atoms with Gasteiger partial charge in [-0.25, -0.2) is 0 Å². The molecular weight excluding hydrogens is 267 g/mol. The highest BCUT2D eigenvalue weighted by molar-refractivity contribution is 6.36. The lowest BCUT2D eigenvalue weighted by Crippen LogP contribution is -1.91. The summed E-state index contributed by atoms with van der Waals surface area (Å²) in [5.41, 5.74) is 3.14. The van der Waals surface area contributed by atoms with Crippen LogP contribution in [0.2, 0.25) is 10.0 Å². The monoisotopic (exact) mass is 280 g/mol. The average Bonchev–Trinajstić information content (AvgIpc) is 2.31. The summed E-state index contributed by atoms with van der Waals surface area (Å²) in [6, 6.07) is 10.8. The number of aromatic hydroxyl groups is 1. The van der Waals surface area contributed by atoms with Crippen molar-refractivity contribution in [1.29, 1.82) is 0 Å². The molecule has 0 fully saturated rings. The maximum absolute atomic E-state index is 9.34. The van der Waals surface area contributed by atoms with Crippen molar-refractivity contribution in [1.82, 2.24) is 0 Å². The summed E-state index contributed by atoms with van der Waals surface area (Å²) in [5, 5.41) is 10.6. The van der Waals surface area contributed by atoms with Gasteiger partial charge in [0.25, 0.3) is 0 Å². The molecule has 94 valence electrons. The van der Waals surface area contributed by atoms with E-state index in [1.807, 2.05) is 18.2 Å². The van der Waals surface area contributed by atoms with Gasteiger partial charge in [0.05, 0.1) is 5.02 Å². The number of benzene rings is 2. The van der Waals surface area contributed by atoms with Gasteiger partial charge in [0.2, 0.25) is 0 Å². The molecule has 0 spiro atoms. The van der Waals surface area contributed by atoms with Gasteiger partial charge >= 0.3 is 0 Å². The molecule has 2 rings (SSSR count). The van der Waals surface area contributed by atoms with E-state index in [1.165, 1.54) is 0 Å². The molecule has 18 heavy (non-hydrogen) atoms. The lowest BCUT2D eigenvalue weighted by Gasteiger charge is -2.12. The van der Waals surface area contributed by atoms with Crippen LogP contribution in [0.25, 0.3) is 11.1 Å². The van der Waals surface area contributed by atoms with Crippen LogP contribution in [0.4, 0.5) is 0 Å². The molecule has 0 amide bonds. The van der Waals surface area contributed by atoms with Crippen molar-refractivity contribution in [3.8, 4) is 16.9 Å². The minimum Gasteiger partial charge on any atom is -0.508 e. The zero-order valence-electron chi connectivity index (χ0n) is 10.1. The Kier molecular flexibility index (Phi) is 4.15. The predicted octanol–water partition coefficient (Wildman–Crippen LogP) is 5.32. The topological polar surface area (TPSA) is 20.2 Å². The van der Waals surface area contributed by atoms with Gasteiger partial charge in [0.1, 0.15) is 5.75 Å². The molecular formula is C15H14Cl2O. The molecule has 0 aliphatic heterocycles. The molecule has 1 N–H and O–H groups in total. The van der Waals surface area contributed by atoms with Crippen molar-refractivity contribution >= 4 is 23.2 Å². The Hall–Kier alpha value is -1.18. The molecule has 0 aromatic heterocycles. The highest BCUT2D eigenvalue weighted by atomic mass is 35.5. The highest BCUT2D eigenvalue weighted by Gasteiger charge is 2.11. The number of hydrogen-bond donors (Lipinski definition) is 1. The fourth-order valence-corrected chi connectivity index (χ4v) is 2.69. The first-order valence-corrected chi connectivity index (χ1v) is 6.64. The first-order chi connectivity index (χ1) is 8.61. The fourth-order valence-electron chi connectivity index (χ4n) is 2.04. The van der Waals surface area contributed by atoms with E-state index in [9.17, 15) is 5.11 Å². The summed E-state index contributed by atoms with van der Waals surface area (Å²) in [5.74, 6) is 0.251. The van der Waals surface area contributed by atoms with Crippen LogP contribution < -0.4 is 0 Å². The number of halogens is 2. The molecule has 0 unspecified atom stereocenters. The smallest absolute Gasteiger partial charge is 0.115 e. The average molecular weight is 281 g/mol. The third kappa shape index (κ3) is 2.80. The zero-order chi connectivity index (χ0) is 13.1. The van der Waals surface area contributed by atoms with E-state index in [1.54, 1.807) is 18.2 Å². The van der Waals surface area contributed by atoms with E-state index in [2.05, 4.69) is 6.92 Å². The Bertz CT molecular complexity index is 547. The lowest BCUT2D eigenvalue weighted by atomic mass is 9.96. The summed E-state index contributed by atoms with van der Waals surface area (Å²) in [7, 11) is 0. The van der Waals surface area contributed by atoms with Crippen LogP contribution in [-0.4, -0.2) is 5.11 Å². The van der Waals surface area contributed by atoms with Gasteiger partial charge in [-0.3, -0.25) is 0 Å². The second-order valence-corrected chi connectivity index (χ2v) is 5.06. The van der Waals surface area contributed by atoms with Crippen LogP contribution in [0.1, 0.15) is 18.9 Å². The van der Waals surface area contributed by atoms with Crippen LogP contribution in [0.3, 0.4) is 0 Å². The number of phenols is 1. The molecule has 0 saturated heterocycles. The van der Waals surface area contributed by atoms with Crippen LogP contribution >= 0.6 is 23.2 Å². The summed E-state index contributed by atoms with van der Waals surface area (Å²) >= 11 is 12.3. The molecule has 2 aromatic rings. The second kappa shape index (κ2) is 5.64. The molecule has 0 saturated carbocycles. The zero-order valence-corrected chi connectivity index (χ0v) is 11.6. The first-order valence-electron chi connectivity index (χ1n) is 5.89. The van der Waals surface area contributed by atoms with Crippen molar-refractivity contribution in [2.75, 3.05) is 0 Å². The summed E-state index contributed by atoms with van der Waals surface area (Å²) in [4.78, 5) is 0. The quantitative estimate of drug-likeness (QED) is 0.807. The minimum absolute atomic E-state index is 0.251. The fraction of sp³-hybridized carbons (Fsp3) is 0.200. The van der Waals surface area contributed by atoms with E-state index in [4.69, 9.17) is 23.2 Å². The molecule has 1 nitrogen and oxygen atoms in total. The Morgan fingerprint density at radius 1 is 1.06 bits per heavy atom. The van der Waals surface area contributed by atoms with Crippen molar-refractivity contribution in [2.45, 2.75) is 19.8 Å². The Morgan fingerprint density at radius 2 is 1.72 bits per heavy atom. The number of phenolic OH excluding ortho intramolecular Hbond substituents is 1. The Morgan fingerprint density at radius 3 is 2.33 bits per heavy atom. The van der Waals surface area contributed by atoms with Gasteiger partial charge < -0.3 is 5.11 Å². The molecule has 0 aliphatic carbocycles. The maximum atomic E-state index is 9.34. The largest absolute Gasteiger partial charge is 0.508 e. The lowest BCUT2D eigenvalue weighted by molar-refractivity contribution is 0.475. The number of hydrogen-bond acceptors (Lipinski definition) is 1. The number of aryl methyl sites for hydroxylation is 1. The SMILES string of the molecule is CCCc1cc(Cl)cc(Cl)c1-c1ccc(O)cc1. The van der Waals surface area contributed by atoms with Crippen molar-refractivity contribution in [3.63, 3.8) is 0 Å². The second-order valence-electron chi connectivity index (χ2n) is 4.22. The Labute approximate surface area is 117 Å². The molecule has 0 heterocycles. The van der Waals surface area contributed by atoms with Crippen molar-refractivity contribution in [3.05, 3.63) is 52.0 Å². The molecule has 2 aromatic carbocycles. The third-order valence-electron chi connectivity index (χ3n) is 2.81. The van der Waals surface area contributed by atoms with Gasteiger partial charge in [-0.05, 0) is 41.8 Å². The highest BCUT2D eigenvalue weighted by Crippen LogP contribution is 2.35. The standard InChI is InChI=1S/C15H14Cl2O/c1-2-3-11-8-12(16)9-14(17)15(11)10-4-6-13(18)7-5-10/h4-9,18H,2-3H2,1H3. The minimum atomic E-state index is 0.251. The normalized spacial score (nSPS) is 10.6. The van der Waals surface area contributed by atoms with E-state index in [0.29, 0.717) is 10.0 Å². The van der Waals surface area contributed by atoms with Gasteiger partial charge in [-0.15, -0.1) is 0 Å². The predicted molar refractivity (Wildman–Crippen MR) is 77.6 cm³/mol. The van der Waals surface area contributed by atoms with Crippen molar-refractivity contribution in [2.24, 2.45) is 0 Å². The first kappa shape index (κ1) is 13.3. The molecule has 3 heteroatoms. The summed E-state index contributed by atoms with van der Waals surface area (Å²) < 4.78 is 0. The van der Waals surface area contributed by atoms with Gasteiger partial charge in [0, 0.05) is 10.6 Å². The molecule has 0 aliphatic rings. The Balaban J connectivity index is 2.57. The maximum Gasteiger partial charge on any atom is 0.115 e. The van der Waals surface area contributed by atoms with Crippen LogP contribution in [0, 0.1) is 0 Å². The van der Waals surface area contributed by atoms with E-state index >= 15 is 0 Å². The van der Waals surface area contributed by atoms with Gasteiger partial charge in [0.15, 0.2) is 0 Å². The van der Waals surface area contributed by atoms with Crippen molar-refractivity contribution < 1.29 is 5.11 Å². The number of rotatable bonds is 3. The van der Waals surface area contributed by atoms with E-state index in [-0.39, 0.29) is 5.75 Å². The molecule has 0 bridgehead atoms.